The van der Waals surface area contributed by atoms with Crippen molar-refractivity contribution in [1.29, 1.82) is 0 Å². The van der Waals surface area contributed by atoms with Gasteiger partial charge in [0.15, 0.2) is 0 Å². The second kappa shape index (κ2) is 5.50. The molecule has 0 aliphatic carbocycles. The Bertz CT molecular complexity index is 593. The number of primary amides is 1. The van der Waals surface area contributed by atoms with Crippen LogP contribution in [-0.4, -0.2) is 12.2 Å². The summed E-state index contributed by atoms with van der Waals surface area (Å²) in [5.41, 5.74) is 7.91. The molecule has 0 saturated carbocycles. The van der Waals surface area contributed by atoms with E-state index in [0.717, 1.165) is 10.0 Å². The molecule has 1 heterocycles. The predicted molar refractivity (Wildman–Crippen MR) is 72.2 cm³/mol. The highest BCUT2D eigenvalue weighted by Gasteiger charge is 2.06. The van der Waals surface area contributed by atoms with Crippen molar-refractivity contribution in [1.82, 2.24) is 5.43 Å². The zero-order valence-corrected chi connectivity index (χ0v) is 10.8. The Morgan fingerprint density at radius 3 is 2.83 bits per heavy atom. The number of furan rings is 1. The Morgan fingerprint density at radius 1 is 1.33 bits per heavy atom. The predicted octanol–water partition coefficient (Wildman–Crippen LogP) is 2.71. The molecule has 0 unspecified atom stereocenters. The minimum atomic E-state index is -0.719. The monoisotopic (exact) mass is 307 g/mol. The molecule has 0 aliphatic rings. The van der Waals surface area contributed by atoms with E-state index < -0.39 is 6.03 Å². The maximum absolute atomic E-state index is 10.4. The topological polar surface area (TPSA) is 80.6 Å². The fourth-order valence-corrected chi connectivity index (χ4v) is 1.87. The second-order valence-electron chi connectivity index (χ2n) is 3.42. The van der Waals surface area contributed by atoms with Gasteiger partial charge in [0.05, 0.1) is 6.21 Å². The lowest BCUT2D eigenvalue weighted by molar-refractivity contribution is 0.249. The number of halogens is 1. The van der Waals surface area contributed by atoms with Crippen LogP contribution in [0, 0.1) is 0 Å². The first kappa shape index (κ1) is 12.4. The summed E-state index contributed by atoms with van der Waals surface area (Å²) in [5, 5.41) is 3.62. The van der Waals surface area contributed by atoms with Gasteiger partial charge in [-0.05, 0) is 18.2 Å². The third-order valence-corrected chi connectivity index (χ3v) is 2.82. The van der Waals surface area contributed by atoms with Gasteiger partial charge in [-0.25, -0.2) is 10.2 Å². The average Bonchev–Trinajstić information content (AvgIpc) is 2.78. The highest BCUT2D eigenvalue weighted by atomic mass is 79.9. The van der Waals surface area contributed by atoms with E-state index in [1.54, 1.807) is 6.07 Å². The smallest absolute Gasteiger partial charge is 0.332 e. The van der Waals surface area contributed by atoms with Crippen molar-refractivity contribution in [2.45, 2.75) is 0 Å². The number of amides is 2. The number of benzene rings is 1. The molecule has 92 valence electrons. The molecule has 1 aromatic carbocycles. The van der Waals surface area contributed by atoms with E-state index in [9.17, 15) is 4.79 Å². The SMILES string of the molecule is NC(=O)N/N=C\c1ccc(-c2ccccc2Br)o1. The van der Waals surface area contributed by atoms with Crippen LogP contribution < -0.4 is 11.2 Å². The fourth-order valence-electron chi connectivity index (χ4n) is 1.39. The zero-order valence-electron chi connectivity index (χ0n) is 9.26. The van der Waals surface area contributed by atoms with Crippen molar-refractivity contribution in [2.24, 2.45) is 10.8 Å². The highest BCUT2D eigenvalue weighted by molar-refractivity contribution is 9.10. The van der Waals surface area contributed by atoms with Crippen molar-refractivity contribution in [3.63, 3.8) is 0 Å². The Labute approximate surface area is 112 Å². The number of hydrogen-bond acceptors (Lipinski definition) is 3. The lowest BCUT2D eigenvalue weighted by Crippen LogP contribution is -2.24. The molecule has 2 amide bonds. The van der Waals surface area contributed by atoms with E-state index in [0.29, 0.717) is 11.5 Å². The second-order valence-corrected chi connectivity index (χ2v) is 4.27. The molecule has 0 aliphatic heterocycles. The summed E-state index contributed by atoms with van der Waals surface area (Å²) in [5.74, 6) is 1.23. The summed E-state index contributed by atoms with van der Waals surface area (Å²) in [6.45, 7) is 0. The number of rotatable bonds is 3. The van der Waals surface area contributed by atoms with Crippen molar-refractivity contribution >= 4 is 28.2 Å². The van der Waals surface area contributed by atoms with Crippen molar-refractivity contribution in [3.8, 4) is 11.3 Å². The Hall–Kier alpha value is -2.08. The van der Waals surface area contributed by atoms with E-state index in [-0.39, 0.29) is 0 Å². The van der Waals surface area contributed by atoms with Crippen molar-refractivity contribution in [2.75, 3.05) is 0 Å². The third kappa shape index (κ3) is 2.98. The van der Waals surface area contributed by atoms with E-state index in [2.05, 4.69) is 26.5 Å². The van der Waals surface area contributed by atoms with E-state index in [4.69, 9.17) is 10.2 Å². The van der Waals surface area contributed by atoms with Gasteiger partial charge < -0.3 is 10.2 Å². The van der Waals surface area contributed by atoms with Gasteiger partial charge in [0.2, 0.25) is 0 Å². The first-order valence-corrected chi connectivity index (χ1v) is 5.89. The molecule has 0 bridgehead atoms. The van der Waals surface area contributed by atoms with Gasteiger partial charge in [-0.1, -0.05) is 34.1 Å². The quantitative estimate of drug-likeness (QED) is 0.675. The summed E-state index contributed by atoms with van der Waals surface area (Å²) < 4.78 is 6.50. The molecule has 5 nitrogen and oxygen atoms in total. The van der Waals surface area contributed by atoms with Gasteiger partial charge in [0, 0.05) is 10.0 Å². The fraction of sp³-hybridized carbons (Fsp3) is 0. The van der Waals surface area contributed by atoms with Crippen LogP contribution in [0.25, 0.3) is 11.3 Å². The highest BCUT2D eigenvalue weighted by Crippen LogP contribution is 2.28. The number of carbonyl (C=O) groups is 1. The number of urea groups is 1. The molecular weight excluding hydrogens is 298 g/mol. The molecule has 3 N–H and O–H groups in total. The number of nitrogens with one attached hydrogen (secondary N) is 1. The summed E-state index contributed by atoms with van der Waals surface area (Å²) >= 11 is 3.45. The maximum Gasteiger partial charge on any atom is 0.332 e. The van der Waals surface area contributed by atoms with Gasteiger partial charge in [0.1, 0.15) is 11.5 Å². The van der Waals surface area contributed by atoms with Gasteiger partial charge in [-0.15, -0.1) is 0 Å². The lowest BCUT2D eigenvalue weighted by atomic mass is 10.2. The van der Waals surface area contributed by atoms with Crippen LogP contribution >= 0.6 is 15.9 Å². The molecule has 0 spiro atoms. The van der Waals surface area contributed by atoms with E-state index >= 15 is 0 Å². The number of hydrazone groups is 1. The summed E-state index contributed by atoms with van der Waals surface area (Å²) in [7, 11) is 0. The molecule has 0 atom stereocenters. The number of carbonyl (C=O) groups excluding carboxylic acids is 1. The van der Waals surface area contributed by atoms with Crippen LogP contribution in [0.2, 0.25) is 0 Å². The molecule has 2 rings (SSSR count). The Morgan fingerprint density at radius 2 is 2.11 bits per heavy atom. The summed E-state index contributed by atoms with van der Waals surface area (Å²) in [6.07, 6.45) is 1.38. The Kier molecular flexibility index (Phi) is 3.78. The lowest BCUT2D eigenvalue weighted by Gasteiger charge is -1.99. The molecule has 6 heteroatoms. The van der Waals surface area contributed by atoms with Crippen molar-refractivity contribution in [3.05, 3.63) is 46.6 Å². The van der Waals surface area contributed by atoms with Gasteiger partial charge in [-0.3, -0.25) is 0 Å². The molecule has 0 fully saturated rings. The molecule has 0 saturated heterocycles. The van der Waals surface area contributed by atoms with Gasteiger partial charge in [-0.2, -0.15) is 5.10 Å². The van der Waals surface area contributed by atoms with Crippen molar-refractivity contribution < 1.29 is 9.21 Å². The summed E-state index contributed by atoms with van der Waals surface area (Å²) in [4.78, 5) is 10.4. The van der Waals surface area contributed by atoms with E-state index in [1.807, 2.05) is 30.3 Å². The first-order chi connectivity index (χ1) is 8.66. The molecule has 0 radical (unpaired) electrons. The van der Waals surface area contributed by atoms with Crippen LogP contribution in [0.5, 0.6) is 0 Å². The van der Waals surface area contributed by atoms with Crippen LogP contribution in [0.15, 0.2) is 50.4 Å². The zero-order chi connectivity index (χ0) is 13.0. The standard InChI is InChI=1S/C12H10BrN3O2/c13-10-4-2-1-3-9(10)11-6-5-8(18-11)7-15-16-12(14)17/h1-7H,(H3,14,16,17)/b15-7-. The van der Waals surface area contributed by atoms with Gasteiger partial charge in [0.25, 0.3) is 0 Å². The molecule has 1 aromatic heterocycles. The molecular formula is C12H10BrN3O2. The Balaban J connectivity index is 2.18. The largest absolute Gasteiger partial charge is 0.455 e. The molecule has 18 heavy (non-hydrogen) atoms. The minimum absolute atomic E-state index is 0.523. The normalized spacial score (nSPS) is 10.7. The van der Waals surface area contributed by atoms with Gasteiger partial charge >= 0.3 is 6.03 Å². The number of nitrogens with zero attached hydrogens (tertiary/aromatic N) is 1. The third-order valence-electron chi connectivity index (χ3n) is 2.13. The number of hydrogen-bond donors (Lipinski definition) is 2. The minimum Gasteiger partial charge on any atom is -0.455 e. The van der Waals surface area contributed by atoms with Crippen LogP contribution in [-0.2, 0) is 0 Å². The van der Waals surface area contributed by atoms with E-state index in [1.165, 1.54) is 6.21 Å². The molecule has 2 aromatic rings. The average molecular weight is 308 g/mol. The van der Waals surface area contributed by atoms with Crippen LogP contribution in [0.1, 0.15) is 5.76 Å². The maximum atomic E-state index is 10.4. The summed E-state index contributed by atoms with van der Waals surface area (Å²) in [6, 6.07) is 10.6. The first-order valence-electron chi connectivity index (χ1n) is 5.10. The number of nitrogens with two attached hydrogens (primary N) is 1. The van der Waals surface area contributed by atoms with Crippen LogP contribution in [0.3, 0.4) is 0 Å². The van der Waals surface area contributed by atoms with Crippen LogP contribution in [0.4, 0.5) is 4.79 Å².